The number of carboxylic acids is 1. The third-order valence-corrected chi connectivity index (χ3v) is 3.42. The summed E-state index contributed by atoms with van der Waals surface area (Å²) in [6.07, 6.45) is 0. The Bertz CT molecular complexity index is 444. The minimum Gasteiger partial charge on any atom is -0.480 e. The molecule has 0 bridgehead atoms. The topological polar surface area (TPSA) is 88.5 Å². The van der Waals surface area contributed by atoms with Crippen LogP contribution in [-0.2, 0) is 14.3 Å². The summed E-state index contributed by atoms with van der Waals surface area (Å²) in [5, 5.41) is 12.0. The Labute approximate surface area is 109 Å². The molecule has 2 N–H and O–H groups in total. The summed E-state index contributed by atoms with van der Waals surface area (Å²) in [5.74, 6) is -1.43. The Morgan fingerprint density at radius 1 is 1.44 bits per heavy atom. The maximum Gasteiger partial charge on any atom is 0.329 e. The van der Waals surface area contributed by atoms with Crippen LogP contribution < -0.4 is 5.32 Å². The normalized spacial score (nSPS) is 12.2. The Morgan fingerprint density at radius 2 is 2.11 bits per heavy atom. The molecular weight excluding hydrogens is 256 g/mol. The summed E-state index contributed by atoms with van der Waals surface area (Å²) in [6, 6.07) is -0.155. The molecule has 7 heteroatoms. The number of nitrogens with one attached hydrogen (secondary N) is 1. The van der Waals surface area contributed by atoms with Crippen molar-refractivity contribution >= 4 is 23.2 Å². The summed E-state index contributed by atoms with van der Waals surface area (Å²) >= 11 is 1.53. The number of carboxylic acid groups (broad SMARTS) is 1. The van der Waals surface area contributed by atoms with Crippen molar-refractivity contribution in [3.63, 3.8) is 0 Å². The third-order valence-electron chi connectivity index (χ3n) is 2.17. The van der Waals surface area contributed by atoms with Gasteiger partial charge in [0.1, 0.15) is 13.2 Å². The molecule has 18 heavy (non-hydrogen) atoms. The van der Waals surface area contributed by atoms with Gasteiger partial charge in [0, 0.05) is 4.88 Å². The maximum absolute atomic E-state index is 11.5. The van der Waals surface area contributed by atoms with Crippen LogP contribution >= 0.6 is 11.3 Å². The Balaban J connectivity index is 2.44. The Kier molecular flexibility index (Phi) is 5.24. The van der Waals surface area contributed by atoms with Crippen molar-refractivity contribution in [3.05, 3.63) is 15.6 Å². The zero-order valence-electron chi connectivity index (χ0n) is 10.5. The molecular formula is C11H16N2O4S. The highest BCUT2D eigenvalue weighted by molar-refractivity contribution is 7.11. The van der Waals surface area contributed by atoms with Gasteiger partial charge >= 0.3 is 5.97 Å². The van der Waals surface area contributed by atoms with Crippen LogP contribution in [0, 0.1) is 13.8 Å². The number of rotatable bonds is 6. The van der Waals surface area contributed by atoms with Crippen molar-refractivity contribution < 1.29 is 19.4 Å². The van der Waals surface area contributed by atoms with Gasteiger partial charge in [0.25, 0.3) is 0 Å². The molecule has 0 aliphatic carbocycles. The van der Waals surface area contributed by atoms with Crippen molar-refractivity contribution in [2.24, 2.45) is 0 Å². The lowest BCUT2D eigenvalue weighted by Crippen LogP contribution is -2.30. The molecule has 100 valence electrons. The second-order valence-electron chi connectivity index (χ2n) is 3.86. The van der Waals surface area contributed by atoms with Crippen molar-refractivity contribution in [3.8, 4) is 0 Å². The van der Waals surface area contributed by atoms with Crippen molar-refractivity contribution in [1.82, 2.24) is 10.3 Å². The molecule has 0 aliphatic rings. The number of aliphatic carboxylic acids is 1. The van der Waals surface area contributed by atoms with Crippen molar-refractivity contribution in [2.75, 3.05) is 13.2 Å². The fourth-order valence-corrected chi connectivity index (χ4v) is 2.46. The lowest BCUT2D eigenvalue weighted by Gasteiger charge is -2.12. The van der Waals surface area contributed by atoms with Crippen LogP contribution in [0.3, 0.4) is 0 Å². The number of nitrogens with zero attached hydrogens (tertiary/aromatic N) is 1. The number of aryl methyl sites for hydroxylation is 2. The van der Waals surface area contributed by atoms with E-state index in [-0.39, 0.29) is 18.6 Å². The van der Waals surface area contributed by atoms with E-state index >= 15 is 0 Å². The molecule has 0 saturated carbocycles. The highest BCUT2D eigenvalue weighted by atomic mass is 32.1. The molecule has 0 radical (unpaired) electrons. The number of ether oxygens (including phenoxy) is 1. The fraction of sp³-hybridized carbons (Fsp3) is 0.545. The van der Waals surface area contributed by atoms with Gasteiger partial charge in [-0.25, -0.2) is 9.78 Å². The van der Waals surface area contributed by atoms with Crippen LogP contribution in [-0.4, -0.2) is 35.2 Å². The zero-order chi connectivity index (χ0) is 13.7. The van der Waals surface area contributed by atoms with Gasteiger partial charge < -0.3 is 15.2 Å². The number of carbonyl (C=O) groups is 2. The predicted molar refractivity (Wildman–Crippen MR) is 66.6 cm³/mol. The first-order valence-electron chi connectivity index (χ1n) is 5.43. The highest BCUT2D eigenvalue weighted by Gasteiger charge is 2.15. The summed E-state index contributed by atoms with van der Waals surface area (Å²) in [5.41, 5.74) is 0.900. The average Bonchev–Trinajstić information content (AvgIpc) is 2.57. The first kappa shape index (κ1) is 14.6. The number of hydrogen-bond acceptors (Lipinski definition) is 5. The molecule has 0 saturated heterocycles. The smallest absolute Gasteiger partial charge is 0.329 e. The second-order valence-corrected chi connectivity index (χ2v) is 5.09. The van der Waals surface area contributed by atoms with Gasteiger partial charge in [-0.1, -0.05) is 0 Å². The van der Waals surface area contributed by atoms with E-state index in [4.69, 9.17) is 9.84 Å². The van der Waals surface area contributed by atoms with E-state index in [0.717, 1.165) is 15.6 Å². The van der Waals surface area contributed by atoms with Gasteiger partial charge in [-0.2, -0.15) is 0 Å². The molecule has 1 rings (SSSR count). The molecule has 0 aromatic carbocycles. The molecule has 1 aromatic heterocycles. The molecule has 1 heterocycles. The van der Waals surface area contributed by atoms with Gasteiger partial charge in [0.2, 0.25) is 5.91 Å². The van der Waals surface area contributed by atoms with E-state index in [0.29, 0.717) is 0 Å². The lowest BCUT2D eigenvalue weighted by atomic mass is 10.2. The summed E-state index contributed by atoms with van der Waals surface area (Å²) in [6.45, 7) is 4.93. The molecule has 1 unspecified atom stereocenters. The minimum absolute atomic E-state index is 0.155. The largest absolute Gasteiger partial charge is 0.480 e. The number of aromatic nitrogens is 1. The first-order chi connectivity index (χ1) is 8.40. The Hall–Kier alpha value is -1.47. The van der Waals surface area contributed by atoms with Crippen LogP contribution in [0.2, 0.25) is 0 Å². The number of carbonyl (C=O) groups excluding carboxylic acids is 1. The SMILES string of the molecule is Cc1nc(C)c(C(C)NC(=O)COCC(=O)O)s1. The maximum atomic E-state index is 11.5. The molecule has 1 aromatic rings. The van der Waals surface area contributed by atoms with E-state index in [9.17, 15) is 9.59 Å². The fourth-order valence-electron chi connectivity index (χ4n) is 1.53. The zero-order valence-corrected chi connectivity index (χ0v) is 11.3. The predicted octanol–water partition coefficient (Wildman–Crippen LogP) is 1.04. The van der Waals surface area contributed by atoms with Crippen molar-refractivity contribution in [1.29, 1.82) is 0 Å². The standard InChI is InChI=1S/C11H16N2O4S/c1-6-11(18-8(3)12-6)7(2)13-9(14)4-17-5-10(15)16/h7H,4-5H2,1-3H3,(H,13,14)(H,15,16). The van der Waals surface area contributed by atoms with E-state index in [2.05, 4.69) is 10.3 Å². The van der Waals surface area contributed by atoms with Crippen LogP contribution in [0.1, 0.15) is 28.5 Å². The van der Waals surface area contributed by atoms with Gasteiger partial charge in [-0.05, 0) is 20.8 Å². The number of thiazole rings is 1. The summed E-state index contributed by atoms with van der Waals surface area (Å²) in [7, 11) is 0. The van der Waals surface area contributed by atoms with Crippen LogP contribution in [0.5, 0.6) is 0 Å². The Morgan fingerprint density at radius 3 is 2.61 bits per heavy atom. The highest BCUT2D eigenvalue weighted by Crippen LogP contribution is 2.24. The van der Waals surface area contributed by atoms with Crippen LogP contribution in [0.15, 0.2) is 0 Å². The number of amides is 1. The average molecular weight is 272 g/mol. The second kappa shape index (κ2) is 6.46. The first-order valence-corrected chi connectivity index (χ1v) is 6.24. The van der Waals surface area contributed by atoms with E-state index in [1.165, 1.54) is 11.3 Å². The molecule has 1 amide bonds. The van der Waals surface area contributed by atoms with Gasteiger partial charge in [0.15, 0.2) is 0 Å². The lowest BCUT2D eigenvalue weighted by molar-refractivity contribution is -0.143. The third kappa shape index (κ3) is 4.42. The summed E-state index contributed by atoms with van der Waals surface area (Å²) < 4.78 is 4.71. The van der Waals surface area contributed by atoms with Gasteiger partial charge in [0.05, 0.1) is 16.7 Å². The van der Waals surface area contributed by atoms with E-state index in [1.807, 2.05) is 20.8 Å². The van der Waals surface area contributed by atoms with Gasteiger partial charge in [-0.3, -0.25) is 4.79 Å². The molecule has 0 spiro atoms. The molecule has 6 nitrogen and oxygen atoms in total. The van der Waals surface area contributed by atoms with Gasteiger partial charge in [-0.15, -0.1) is 11.3 Å². The summed E-state index contributed by atoms with van der Waals surface area (Å²) in [4.78, 5) is 27.0. The molecule has 1 atom stereocenters. The van der Waals surface area contributed by atoms with E-state index < -0.39 is 12.6 Å². The monoisotopic (exact) mass is 272 g/mol. The van der Waals surface area contributed by atoms with Crippen molar-refractivity contribution in [2.45, 2.75) is 26.8 Å². The molecule has 0 fully saturated rings. The minimum atomic E-state index is -1.09. The van der Waals surface area contributed by atoms with Crippen LogP contribution in [0.25, 0.3) is 0 Å². The quantitative estimate of drug-likeness (QED) is 0.807. The number of hydrogen-bond donors (Lipinski definition) is 2. The van der Waals surface area contributed by atoms with Crippen LogP contribution in [0.4, 0.5) is 0 Å². The van der Waals surface area contributed by atoms with E-state index in [1.54, 1.807) is 0 Å². The molecule has 0 aliphatic heterocycles.